The Morgan fingerprint density at radius 3 is 2.89 bits per heavy atom. The van der Waals surface area contributed by atoms with Gasteiger partial charge >= 0.3 is 0 Å². The Balaban J connectivity index is 2.25. The molecule has 1 amide bonds. The van der Waals surface area contributed by atoms with Gasteiger partial charge in [0.15, 0.2) is 0 Å². The fourth-order valence-corrected chi connectivity index (χ4v) is 2.50. The number of benzene rings is 1. The van der Waals surface area contributed by atoms with Gasteiger partial charge in [0, 0.05) is 25.2 Å². The third-order valence-corrected chi connectivity index (χ3v) is 3.38. The molecule has 1 aromatic carbocycles. The number of anilines is 1. The van der Waals surface area contributed by atoms with Gasteiger partial charge in [0.2, 0.25) is 5.91 Å². The van der Waals surface area contributed by atoms with Crippen LogP contribution in [-0.4, -0.2) is 12.5 Å². The Hall–Kier alpha value is -1.35. The molecule has 0 radical (unpaired) electrons. The quantitative estimate of drug-likeness (QED) is 0.890. The number of aryl methyl sites for hydroxylation is 1. The molecular formula is C15H22N2O. The van der Waals surface area contributed by atoms with E-state index in [1.807, 2.05) is 11.0 Å². The van der Waals surface area contributed by atoms with Crippen LogP contribution in [-0.2, 0) is 17.8 Å². The van der Waals surface area contributed by atoms with Gasteiger partial charge in [-0.15, -0.1) is 0 Å². The standard InChI is InChI=1S/C15H22N2O/c1-11(2)8-15(18)17-7-3-4-13-9-12(10-16)5-6-14(13)17/h5-6,9,11H,3-4,7-8,10,16H2,1-2H3. The lowest BCUT2D eigenvalue weighted by Gasteiger charge is -2.30. The van der Waals surface area contributed by atoms with Crippen molar-refractivity contribution in [3.8, 4) is 0 Å². The molecule has 3 heteroatoms. The van der Waals surface area contributed by atoms with E-state index in [-0.39, 0.29) is 5.91 Å². The fraction of sp³-hybridized carbons (Fsp3) is 0.533. The lowest BCUT2D eigenvalue weighted by atomic mass is 9.98. The number of fused-ring (bicyclic) bond motifs is 1. The fourth-order valence-electron chi connectivity index (χ4n) is 2.50. The molecular weight excluding hydrogens is 224 g/mol. The Bertz CT molecular complexity index is 440. The molecule has 3 nitrogen and oxygen atoms in total. The van der Waals surface area contributed by atoms with E-state index in [9.17, 15) is 4.79 Å². The molecule has 1 aromatic rings. The van der Waals surface area contributed by atoms with Crippen LogP contribution < -0.4 is 10.6 Å². The van der Waals surface area contributed by atoms with Crippen molar-refractivity contribution in [1.82, 2.24) is 0 Å². The molecule has 1 aliphatic rings. The van der Waals surface area contributed by atoms with Gasteiger partial charge in [-0.3, -0.25) is 4.79 Å². The van der Waals surface area contributed by atoms with Crippen molar-refractivity contribution < 1.29 is 4.79 Å². The van der Waals surface area contributed by atoms with Crippen molar-refractivity contribution in [3.05, 3.63) is 29.3 Å². The largest absolute Gasteiger partial charge is 0.326 e. The van der Waals surface area contributed by atoms with Crippen molar-refractivity contribution in [1.29, 1.82) is 0 Å². The third kappa shape index (κ3) is 2.72. The molecule has 98 valence electrons. The number of carbonyl (C=O) groups is 1. The summed E-state index contributed by atoms with van der Waals surface area (Å²) in [5, 5.41) is 0. The molecule has 1 aliphatic heterocycles. The molecule has 1 heterocycles. The number of hydrogen-bond donors (Lipinski definition) is 1. The van der Waals surface area contributed by atoms with E-state index in [0.29, 0.717) is 18.9 Å². The lowest BCUT2D eigenvalue weighted by molar-refractivity contribution is -0.119. The zero-order valence-electron chi connectivity index (χ0n) is 11.3. The van der Waals surface area contributed by atoms with Crippen LogP contribution in [0.2, 0.25) is 0 Å². The SMILES string of the molecule is CC(C)CC(=O)N1CCCc2cc(CN)ccc21. The highest BCUT2D eigenvalue weighted by molar-refractivity contribution is 5.94. The first-order valence-electron chi connectivity index (χ1n) is 6.74. The maximum Gasteiger partial charge on any atom is 0.227 e. The van der Waals surface area contributed by atoms with Crippen molar-refractivity contribution in [2.24, 2.45) is 11.7 Å². The molecule has 0 unspecified atom stereocenters. The van der Waals surface area contributed by atoms with E-state index in [1.165, 1.54) is 5.56 Å². The Morgan fingerprint density at radius 1 is 1.44 bits per heavy atom. The summed E-state index contributed by atoms with van der Waals surface area (Å²) in [4.78, 5) is 14.2. The predicted octanol–water partition coefficient (Wildman–Crippen LogP) is 2.47. The van der Waals surface area contributed by atoms with Crippen LogP contribution in [0.5, 0.6) is 0 Å². The van der Waals surface area contributed by atoms with Crippen molar-refractivity contribution in [2.45, 2.75) is 39.7 Å². The summed E-state index contributed by atoms with van der Waals surface area (Å²) in [6.45, 7) is 5.58. The van der Waals surface area contributed by atoms with Crippen molar-refractivity contribution in [3.63, 3.8) is 0 Å². The smallest absolute Gasteiger partial charge is 0.227 e. The van der Waals surface area contributed by atoms with Crippen LogP contribution in [0.25, 0.3) is 0 Å². The average molecular weight is 246 g/mol. The van der Waals surface area contributed by atoms with Gasteiger partial charge in [-0.1, -0.05) is 26.0 Å². The van der Waals surface area contributed by atoms with Gasteiger partial charge < -0.3 is 10.6 Å². The summed E-state index contributed by atoms with van der Waals surface area (Å²) in [6.07, 6.45) is 2.72. The highest BCUT2D eigenvalue weighted by Gasteiger charge is 2.22. The molecule has 0 atom stereocenters. The first-order valence-corrected chi connectivity index (χ1v) is 6.74. The number of nitrogens with zero attached hydrogens (tertiary/aromatic N) is 1. The van der Waals surface area contributed by atoms with Gasteiger partial charge in [-0.2, -0.15) is 0 Å². The van der Waals surface area contributed by atoms with E-state index in [4.69, 9.17) is 5.73 Å². The zero-order chi connectivity index (χ0) is 13.1. The minimum atomic E-state index is 0.242. The molecule has 0 aliphatic carbocycles. The molecule has 0 fully saturated rings. The van der Waals surface area contributed by atoms with Crippen molar-refractivity contribution in [2.75, 3.05) is 11.4 Å². The summed E-state index contributed by atoms with van der Waals surface area (Å²) in [5.74, 6) is 0.651. The van der Waals surface area contributed by atoms with E-state index in [2.05, 4.69) is 26.0 Å². The third-order valence-electron chi connectivity index (χ3n) is 3.38. The average Bonchev–Trinajstić information content (AvgIpc) is 2.36. The first-order chi connectivity index (χ1) is 8.61. The molecule has 2 N–H and O–H groups in total. The van der Waals surface area contributed by atoms with Crippen molar-refractivity contribution >= 4 is 11.6 Å². The van der Waals surface area contributed by atoms with Crippen LogP contribution >= 0.6 is 0 Å². The van der Waals surface area contributed by atoms with E-state index in [0.717, 1.165) is 30.6 Å². The number of hydrogen-bond acceptors (Lipinski definition) is 2. The topological polar surface area (TPSA) is 46.3 Å². The molecule has 0 saturated heterocycles. The minimum Gasteiger partial charge on any atom is -0.326 e. The normalized spacial score (nSPS) is 14.8. The summed E-state index contributed by atoms with van der Waals surface area (Å²) < 4.78 is 0. The summed E-state index contributed by atoms with van der Waals surface area (Å²) in [5.41, 5.74) is 9.16. The predicted molar refractivity (Wildman–Crippen MR) is 74.5 cm³/mol. The minimum absolute atomic E-state index is 0.242. The number of rotatable bonds is 3. The monoisotopic (exact) mass is 246 g/mol. The lowest BCUT2D eigenvalue weighted by Crippen LogP contribution is -2.36. The van der Waals surface area contributed by atoms with Crippen LogP contribution in [0.1, 0.15) is 37.8 Å². The van der Waals surface area contributed by atoms with Gasteiger partial charge in [-0.05, 0) is 36.0 Å². The molecule has 0 spiro atoms. The maximum atomic E-state index is 12.2. The van der Waals surface area contributed by atoms with E-state index >= 15 is 0 Å². The Kier molecular flexibility index (Phi) is 4.02. The van der Waals surface area contributed by atoms with E-state index in [1.54, 1.807) is 0 Å². The van der Waals surface area contributed by atoms with Crippen LogP contribution in [0.3, 0.4) is 0 Å². The zero-order valence-corrected chi connectivity index (χ0v) is 11.3. The van der Waals surface area contributed by atoms with Crippen LogP contribution in [0.4, 0.5) is 5.69 Å². The van der Waals surface area contributed by atoms with Gasteiger partial charge in [0.05, 0.1) is 0 Å². The van der Waals surface area contributed by atoms with E-state index < -0.39 is 0 Å². The summed E-state index contributed by atoms with van der Waals surface area (Å²) >= 11 is 0. The van der Waals surface area contributed by atoms with Gasteiger partial charge in [-0.25, -0.2) is 0 Å². The van der Waals surface area contributed by atoms with Crippen LogP contribution in [0.15, 0.2) is 18.2 Å². The maximum absolute atomic E-state index is 12.2. The molecule has 0 bridgehead atoms. The molecule has 2 rings (SSSR count). The molecule has 0 aromatic heterocycles. The summed E-state index contributed by atoms with van der Waals surface area (Å²) in [7, 11) is 0. The Labute approximate surface area is 109 Å². The number of amides is 1. The highest BCUT2D eigenvalue weighted by Crippen LogP contribution is 2.29. The highest BCUT2D eigenvalue weighted by atomic mass is 16.2. The van der Waals surface area contributed by atoms with Gasteiger partial charge in [0.25, 0.3) is 0 Å². The number of carbonyl (C=O) groups excluding carboxylic acids is 1. The number of nitrogens with two attached hydrogens (primary N) is 1. The van der Waals surface area contributed by atoms with Crippen LogP contribution in [0, 0.1) is 5.92 Å². The molecule has 0 saturated carbocycles. The molecule has 18 heavy (non-hydrogen) atoms. The second-order valence-electron chi connectivity index (χ2n) is 5.41. The van der Waals surface area contributed by atoms with Gasteiger partial charge in [0.1, 0.15) is 0 Å². The first kappa shape index (κ1) is 13.1. The second-order valence-corrected chi connectivity index (χ2v) is 5.41. The Morgan fingerprint density at radius 2 is 2.22 bits per heavy atom. The second kappa shape index (κ2) is 5.53. The summed E-state index contributed by atoms with van der Waals surface area (Å²) in [6, 6.07) is 6.22.